The average molecular weight is 388 g/mol. The third-order valence-corrected chi connectivity index (χ3v) is 5.24. The quantitative estimate of drug-likeness (QED) is 0.642. The third kappa shape index (κ3) is 3.94. The van der Waals surface area contributed by atoms with Gasteiger partial charge in [0.25, 0.3) is 5.91 Å². The molecule has 0 saturated heterocycles. The predicted molar refractivity (Wildman–Crippen MR) is 114 cm³/mol. The van der Waals surface area contributed by atoms with Crippen LogP contribution in [0.5, 0.6) is 5.75 Å². The van der Waals surface area contributed by atoms with E-state index in [2.05, 4.69) is 5.32 Å². The van der Waals surface area contributed by atoms with Crippen LogP contribution in [0.25, 0.3) is 0 Å². The van der Waals surface area contributed by atoms with E-state index in [0.29, 0.717) is 29.9 Å². The van der Waals surface area contributed by atoms with Gasteiger partial charge in [-0.1, -0.05) is 30.3 Å². The lowest BCUT2D eigenvalue weighted by Crippen LogP contribution is -2.17. The van der Waals surface area contributed by atoms with Gasteiger partial charge in [-0.15, -0.1) is 0 Å². The molecule has 0 spiro atoms. The Balaban J connectivity index is 1.46. The Kier molecular flexibility index (Phi) is 5.20. The van der Waals surface area contributed by atoms with Crippen molar-refractivity contribution in [3.63, 3.8) is 0 Å². The number of carbonyl (C=O) groups excluding carboxylic acids is 1. The van der Waals surface area contributed by atoms with Crippen LogP contribution in [-0.2, 0) is 13.0 Å². The maximum Gasteiger partial charge on any atom is 0.255 e. The summed E-state index contributed by atoms with van der Waals surface area (Å²) >= 11 is 0. The van der Waals surface area contributed by atoms with E-state index in [0.717, 1.165) is 27.5 Å². The van der Waals surface area contributed by atoms with E-state index in [1.54, 1.807) is 31.4 Å². The molecule has 3 N–H and O–H groups in total. The number of ether oxygens (including phenoxy) is 1. The average Bonchev–Trinajstić information content (AvgIpc) is 3.04. The van der Waals surface area contributed by atoms with Crippen molar-refractivity contribution in [1.29, 1.82) is 0 Å². The van der Waals surface area contributed by atoms with Crippen molar-refractivity contribution in [2.24, 2.45) is 0 Å². The van der Waals surface area contributed by atoms with Gasteiger partial charge in [-0.3, -0.25) is 4.79 Å². The SMILES string of the molecule is COc1ccc2c(c1)CN([O-])C2Cc1ccc(C(=O)Nc2ccccc2N)cc1. The third-order valence-electron chi connectivity index (χ3n) is 5.24. The highest BCUT2D eigenvalue weighted by molar-refractivity contribution is 6.05. The van der Waals surface area contributed by atoms with E-state index < -0.39 is 0 Å². The highest BCUT2D eigenvalue weighted by Gasteiger charge is 2.25. The van der Waals surface area contributed by atoms with Gasteiger partial charge >= 0.3 is 0 Å². The molecule has 0 bridgehead atoms. The lowest BCUT2D eigenvalue weighted by Gasteiger charge is -2.30. The van der Waals surface area contributed by atoms with Gasteiger partial charge in [0.1, 0.15) is 5.75 Å². The monoisotopic (exact) mass is 388 g/mol. The molecule has 3 aromatic carbocycles. The molecule has 1 aliphatic rings. The number of rotatable bonds is 5. The summed E-state index contributed by atoms with van der Waals surface area (Å²) in [7, 11) is 1.62. The standard InChI is InChI=1S/C23H22N3O3/c1-29-18-10-11-19-17(13-18)14-26(28)22(19)12-15-6-8-16(9-7-15)23(27)25-21-5-3-2-4-20(21)24/h2-11,13,22H,12,14,24H2,1H3,(H,25,27)/q-1. The fourth-order valence-corrected chi connectivity index (χ4v) is 3.64. The summed E-state index contributed by atoms with van der Waals surface area (Å²) in [6, 6.07) is 20.0. The molecule has 29 heavy (non-hydrogen) atoms. The second kappa shape index (κ2) is 7.95. The Labute approximate surface area is 169 Å². The predicted octanol–water partition coefficient (Wildman–Crippen LogP) is 4.13. The molecule has 1 unspecified atom stereocenters. The minimum absolute atomic E-state index is 0.224. The lowest BCUT2D eigenvalue weighted by molar-refractivity contribution is 0.102. The lowest BCUT2D eigenvalue weighted by atomic mass is 9.97. The Hall–Kier alpha value is -3.35. The molecule has 0 aliphatic carbocycles. The number of nitrogens with one attached hydrogen (secondary N) is 1. The second-order valence-corrected chi connectivity index (χ2v) is 7.10. The molecule has 1 aliphatic heterocycles. The highest BCUT2D eigenvalue weighted by atomic mass is 16.5. The van der Waals surface area contributed by atoms with E-state index in [4.69, 9.17) is 10.5 Å². The molecule has 3 aromatic rings. The molecule has 0 saturated carbocycles. The van der Waals surface area contributed by atoms with Crippen molar-refractivity contribution in [3.05, 3.63) is 94.2 Å². The van der Waals surface area contributed by atoms with Crippen molar-refractivity contribution in [3.8, 4) is 5.75 Å². The highest BCUT2D eigenvalue weighted by Crippen LogP contribution is 2.37. The van der Waals surface area contributed by atoms with E-state index >= 15 is 0 Å². The molecule has 6 heteroatoms. The zero-order valence-corrected chi connectivity index (χ0v) is 16.1. The maximum atomic E-state index is 12.5. The number of nitrogens with two attached hydrogens (primary N) is 1. The zero-order chi connectivity index (χ0) is 20.4. The van der Waals surface area contributed by atoms with Crippen molar-refractivity contribution in [2.45, 2.75) is 19.0 Å². The largest absolute Gasteiger partial charge is 0.784 e. The number of nitrogen functional groups attached to an aromatic ring is 1. The number of hydroxylamine groups is 2. The smallest absolute Gasteiger partial charge is 0.255 e. The molecule has 0 radical (unpaired) electrons. The minimum Gasteiger partial charge on any atom is -0.784 e. The molecule has 148 valence electrons. The number of para-hydroxylation sites is 2. The number of hydrogen-bond donors (Lipinski definition) is 2. The molecule has 0 aromatic heterocycles. The van der Waals surface area contributed by atoms with Crippen molar-refractivity contribution < 1.29 is 9.53 Å². The van der Waals surface area contributed by atoms with Crippen LogP contribution in [0.1, 0.15) is 33.1 Å². The van der Waals surface area contributed by atoms with Gasteiger partial charge < -0.3 is 26.1 Å². The van der Waals surface area contributed by atoms with Crippen LogP contribution in [0.4, 0.5) is 11.4 Å². The topological polar surface area (TPSA) is 90.6 Å². The first-order valence-corrected chi connectivity index (χ1v) is 9.40. The normalized spacial score (nSPS) is 15.7. The van der Waals surface area contributed by atoms with E-state index in [1.807, 2.05) is 42.5 Å². The van der Waals surface area contributed by atoms with E-state index in [-0.39, 0.29) is 11.9 Å². The molecule has 4 rings (SSSR count). The number of benzene rings is 3. The molecule has 0 fully saturated rings. The number of anilines is 2. The molecular formula is C23H22N3O3-. The summed E-state index contributed by atoms with van der Waals surface area (Å²) in [5.74, 6) is 0.533. The van der Waals surface area contributed by atoms with Crippen LogP contribution in [-0.4, -0.2) is 18.1 Å². The van der Waals surface area contributed by atoms with E-state index in [1.165, 1.54) is 0 Å². The molecule has 1 atom stereocenters. The van der Waals surface area contributed by atoms with Gasteiger partial charge in [0.05, 0.1) is 18.5 Å². The Bertz CT molecular complexity index is 1030. The summed E-state index contributed by atoms with van der Waals surface area (Å²) < 4.78 is 5.25. The van der Waals surface area contributed by atoms with Crippen LogP contribution < -0.4 is 15.8 Å². The van der Waals surface area contributed by atoms with Gasteiger partial charge in [-0.2, -0.15) is 0 Å². The summed E-state index contributed by atoms with van der Waals surface area (Å²) in [6.07, 6.45) is 0.580. The first-order valence-electron chi connectivity index (χ1n) is 9.40. The second-order valence-electron chi connectivity index (χ2n) is 7.10. The summed E-state index contributed by atoms with van der Waals surface area (Å²) in [5, 5.41) is 16.4. The Morgan fingerprint density at radius 1 is 1.17 bits per heavy atom. The first-order chi connectivity index (χ1) is 14.0. The molecular weight excluding hydrogens is 366 g/mol. The van der Waals surface area contributed by atoms with Gasteiger partial charge in [-0.05, 0) is 59.5 Å². The number of hydrogen-bond acceptors (Lipinski definition) is 5. The van der Waals surface area contributed by atoms with Crippen LogP contribution in [0, 0.1) is 5.21 Å². The van der Waals surface area contributed by atoms with Crippen molar-refractivity contribution in [2.75, 3.05) is 18.2 Å². The van der Waals surface area contributed by atoms with Crippen molar-refractivity contribution >= 4 is 17.3 Å². The zero-order valence-electron chi connectivity index (χ0n) is 16.1. The van der Waals surface area contributed by atoms with Gasteiger partial charge in [-0.25, -0.2) is 0 Å². The molecule has 1 amide bonds. The van der Waals surface area contributed by atoms with Crippen LogP contribution in [0.15, 0.2) is 66.7 Å². The molecule has 6 nitrogen and oxygen atoms in total. The number of carbonyl (C=O) groups is 1. The Morgan fingerprint density at radius 3 is 2.66 bits per heavy atom. The number of methoxy groups -OCH3 is 1. The van der Waals surface area contributed by atoms with Gasteiger partial charge in [0.15, 0.2) is 0 Å². The number of nitrogens with zero attached hydrogens (tertiary/aromatic N) is 1. The van der Waals surface area contributed by atoms with Crippen LogP contribution in [0.2, 0.25) is 0 Å². The van der Waals surface area contributed by atoms with E-state index in [9.17, 15) is 10.0 Å². The number of amides is 1. The summed E-state index contributed by atoms with van der Waals surface area (Å²) in [4.78, 5) is 12.5. The fourth-order valence-electron chi connectivity index (χ4n) is 3.64. The minimum atomic E-state index is -0.236. The maximum absolute atomic E-state index is 12.5. The summed E-state index contributed by atoms with van der Waals surface area (Å²) in [5.41, 5.74) is 10.5. The van der Waals surface area contributed by atoms with Gasteiger partial charge in [0, 0.05) is 18.2 Å². The van der Waals surface area contributed by atoms with Crippen LogP contribution in [0.3, 0.4) is 0 Å². The number of fused-ring (bicyclic) bond motifs is 1. The molecule has 1 heterocycles. The van der Waals surface area contributed by atoms with Crippen molar-refractivity contribution in [1.82, 2.24) is 5.06 Å². The van der Waals surface area contributed by atoms with Gasteiger partial charge in [0.2, 0.25) is 0 Å². The first kappa shape index (κ1) is 19.0. The van der Waals surface area contributed by atoms with Crippen LogP contribution >= 0.6 is 0 Å². The summed E-state index contributed by atoms with van der Waals surface area (Å²) in [6.45, 7) is 0.357. The Morgan fingerprint density at radius 2 is 1.93 bits per heavy atom. The fraction of sp³-hybridized carbons (Fsp3) is 0.174.